The fraction of sp³-hybridized carbons (Fsp3) is 0.393. The first-order valence-electron chi connectivity index (χ1n) is 11.7. The van der Waals surface area contributed by atoms with E-state index in [0.717, 1.165) is 22.4 Å². The minimum Gasteiger partial charge on any atom is -0.481 e. The van der Waals surface area contributed by atoms with Crippen molar-refractivity contribution in [3.05, 3.63) is 63.1 Å². The number of nitrogens with zero attached hydrogens (tertiary/aromatic N) is 1. The van der Waals surface area contributed by atoms with Crippen molar-refractivity contribution in [2.45, 2.75) is 65.8 Å². The normalized spacial score (nSPS) is 17.5. The van der Waals surface area contributed by atoms with Crippen LogP contribution in [0.4, 0.5) is 5.69 Å². The zero-order chi connectivity index (χ0) is 25.7. The van der Waals surface area contributed by atoms with Gasteiger partial charge in [-0.3, -0.25) is 9.59 Å². The Kier molecular flexibility index (Phi) is 6.62. The van der Waals surface area contributed by atoms with Crippen LogP contribution in [0.3, 0.4) is 0 Å². The van der Waals surface area contributed by atoms with Crippen LogP contribution in [0.1, 0.15) is 69.4 Å². The fourth-order valence-corrected chi connectivity index (χ4v) is 5.22. The largest absolute Gasteiger partial charge is 0.481 e. The molecule has 2 aliphatic rings. The molecule has 2 heterocycles. The molecule has 0 aromatic heterocycles. The van der Waals surface area contributed by atoms with Crippen molar-refractivity contribution in [2.24, 2.45) is 0 Å². The zero-order valence-corrected chi connectivity index (χ0v) is 23.0. The number of carbonyl (C=O) groups excluding carboxylic acids is 2. The number of benzene rings is 2. The van der Waals surface area contributed by atoms with E-state index in [0.29, 0.717) is 21.5 Å². The third-order valence-corrected chi connectivity index (χ3v) is 7.38. The van der Waals surface area contributed by atoms with E-state index in [2.05, 4.69) is 65.1 Å². The van der Waals surface area contributed by atoms with Crippen molar-refractivity contribution < 1.29 is 14.3 Å². The molecule has 0 saturated carbocycles. The minimum absolute atomic E-state index is 0.00585. The highest BCUT2D eigenvalue weighted by atomic mass is 32.2. The highest BCUT2D eigenvalue weighted by molar-refractivity contribution is 8.26. The van der Waals surface area contributed by atoms with Gasteiger partial charge >= 0.3 is 0 Å². The van der Waals surface area contributed by atoms with Crippen LogP contribution in [0.25, 0.3) is 6.08 Å². The van der Waals surface area contributed by atoms with Crippen molar-refractivity contribution in [1.29, 1.82) is 0 Å². The Bertz CT molecular complexity index is 1230. The summed E-state index contributed by atoms with van der Waals surface area (Å²) >= 11 is 6.35. The fourth-order valence-electron chi connectivity index (χ4n) is 4.18. The molecule has 2 aliphatic heterocycles. The van der Waals surface area contributed by atoms with Crippen LogP contribution in [0.2, 0.25) is 0 Å². The van der Waals surface area contributed by atoms with Gasteiger partial charge in [-0.25, -0.2) is 0 Å². The Balaban J connectivity index is 1.77. The number of thioether (sulfide) groups is 1. The number of ether oxygens (including phenoxy) is 1. The zero-order valence-electron chi connectivity index (χ0n) is 21.4. The lowest BCUT2D eigenvalue weighted by molar-refractivity contribution is -0.121. The van der Waals surface area contributed by atoms with Gasteiger partial charge in [0, 0.05) is 0 Å². The van der Waals surface area contributed by atoms with E-state index in [9.17, 15) is 9.59 Å². The second kappa shape index (κ2) is 9.10. The standard InChI is InChI=1S/C28H32N2O3S2/c1-16-8-17(12-22-25(32)29-26(34)35-22)11-21-24(16)33-15-23(31)30(21)14-18-9-19(27(2,3)4)13-20(10-18)28(5,6)7/h8-13H,14-15H2,1-7H3,(H,29,32,34)/b22-12+. The number of rotatable bonds is 3. The van der Waals surface area contributed by atoms with Gasteiger partial charge in [-0.1, -0.05) is 83.7 Å². The van der Waals surface area contributed by atoms with Crippen LogP contribution in [0, 0.1) is 6.92 Å². The number of hydrogen-bond acceptors (Lipinski definition) is 5. The van der Waals surface area contributed by atoms with Crippen molar-refractivity contribution in [3.63, 3.8) is 0 Å². The van der Waals surface area contributed by atoms with Crippen LogP contribution in [-0.2, 0) is 27.0 Å². The lowest BCUT2D eigenvalue weighted by Gasteiger charge is -2.32. The molecule has 0 aliphatic carbocycles. The Labute approximate surface area is 217 Å². The van der Waals surface area contributed by atoms with Crippen LogP contribution in [0.15, 0.2) is 35.2 Å². The van der Waals surface area contributed by atoms with Gasteiger partial charge in [-0.15, -0.1) is 0 Å². The van der Waals surface area contributed by atoms with Gasteiger partial charge in [0.25, 0.3) is 11.8 Å². The summed E-state index contributed by atoms with van der Waals surface area (Å²) in [7, 11) is 0. The summed E-state index contributed by atoms with van der Waals surface area (Å²) in [6.07, 6.45) is 1.81. The van der Waals surface area contributed by atoms with Gasteiger partial charge in [0.2, 0.25) is 0 Å². The minimum atomic E-state index is -0.201. The van der Waals surface area contributed by atoms with Crippen LogP contribution < -0.4 is 15.0 Å². The summed E-state index contributed by atoms with van der Waals surface area (Å²) in [5.74, 6) is 0.413. The Morgan fingerprint density at radius 3 is 2.20 bits per heavy atom. The van der Waals surface area contributed by atoms with Gasteiger partial charge in [0.1, 0.15) is 10.1 Å². The van der Waals surface area contributed by atoms with E-state index in [1.807, 2.05) is 25.1 Å². The van der Waals surface area contributed by atoms with Gasteiger partial charge in [0.05, 0.1) is 17.1 Å². The number of aryl methyl sites for hydroxylation is 1. The molecule has 4 rings (SSSR count). The molecule has 0 radical (unpaired) electrons. The second-order valence-corrected chi connectivity index (χ2v) is 12.9. The summed E-state index contributed by atoms with van der Waals surface area (Å²) in [5, 5.41) is 2.65. The van der Waals surface area contributed by atoms with E-state index in [1.165, 1.54) is 22.9 Å². The number of carbonyl (C=O) groups is 2. The maximum Gasteiger partial charge on any atom is 0.265 e. The highest BCUT2D eigenvalue weighted by Crippen LogP contribution is 2.39. The second-order valence-electron chi connectivity index (χ2n) is 11.2. The van der Waals surface area contributed by atoms with Gasteiger partial charge in [-0.2, -0.15) is 0 Å². The third-order valence-electron chi connectivity index (χ3n) is 6.21. The number of hydrogen-bond donors (Lipinski definition) is 1. The van der Waals surface area contributed by atoms with Gasteiger partial charge in [0.15, 0.2) is 6.61 Å². The van der Waals surface area contributed by atoms with Crippen LogP contribution in [0.5, 0.6) is 5.75 Å². The molecule has 35 heavy (non-hydrogen) atoms. The van der Waals surface area contributed by atoms with Gasteiger partial charge < -0.3 is 15.0 Å². The Hall–Kier alpha value is -2.64. The van der Waals surface area contributed by atoms with Crippen molar-refractivity contribution in [3.8, 4) is 5.75 Å². The maximum absolute atomic E-state index is 13.1. The molecule has 1 N–H and O–H groups in total. The predicted octanol–water partition coefficient (Wildman–Crippen LogP) is 6.00. The number of anilines is 1. The summed E-state index contributed by atoms with van der Waals surface area (Å²) < 4.78 is 6.28. The summed E-state index contributed by atoms with van der Waals surface area (Å²) in [4.78, 5) is 27.6. The molecule has 0 unspecified atom stereocenters. The van der Waals surface area contributed by atoms with E-state index < -0.39 is 0 Å². The van der Waals surface area contributed by atoms with Gasteiger partial charge in [-0.05, 0) is 63.8 Å². The maximum atomic E-state index is 13.1. The lowest BCUT2D eigenvalue weighted by Crippen LogP contribution is -2.38. The topological polar surface area (TPSA) is 58.6 Å². The molecule has 7 heteroatoms. The molecule has 0 bridgehead atoms. The molecule has 0 spiro atoms. The average molecular weight is 509 g/mol. The van der Waals surface area contributed by atoms with E-state index in [4.69, 9.17) is 17.0 Å². The Morgan fingerprint density at radius 1 is 1.03 bits per heavy atom. The quantitative estimate of drug-likeness (QED) is 0.407. The summed E-state index contributed by atoms with van der Waals surface area (Å²) in [6, 6.07) is 10.6. The highest BCUT2D eigenvalue weighted by Gasteiger charge is 2.29. The molecule has 0 atom stereocenters. The summed E-state index contributed by atoms with van der Waals surface area (Å²) in [6.45, 7) is 15.7. The molecular formula is C28H32N2O3S2. The first kappa shape index (κ1) is 25.5. The SMILES string of the molecule is Cc1cc(/C=C2/SC(=S)NC2=O)cc2c1OCC(=O)N2Cc1cc(C(C)(C)C)cc(C(C)(C)C)c1. The number of fused-ring (bicyclic) bond motifs is 1. The molecule has 2 amide bonds. The van der Waals surface area contributed by atoms with Crippen molar-refractivity contribution in [2.75, 3.05) is 11.5 Å². The molecule has 2 aromatic rings. The smallest absolute Gasteiger partial charge is 0.265 e. The van der Waals surface area contributed by atoms with E-state index in [1.54, 1.807) is 4.90 Å². The third kappa shape index (κ3) is 5.46. The molecule has 5 nitrogen and oxygen atoms in total. The Morgan fingerprint density at radius 2 is 1.66 bits per heavy atom. The lowest BCUT2D eigenvalue weighted by atomic mass is 9.79. The predicted molar refractivity (Wildman–Crippen MR) is 148 cm³/mol. The van der Waals surface area contributed by atoms with Crippen LogP contribution in [-0.4, -0.2) is 22.7 Å². The monoisotopic (exact) mass is 508 g/mol. The number of nitrogens with one attached hydrogen (secondary N) is 1. The molecular weight excluding hydrogens is 476 g/mol. The van der Waals surface area contributed by atoms with Crippen LogP contribution >= 0.6 is 24.0 Å². The van der Waals surface area contributed by atoms with E-state index >= 15 is 0 Å². The number of amides is 2. The molecule has 1 fully saturated rings. The summed E-state index contributed by atoms with van der Waals surface area (Å²) in [5.41, 5.74) is 6.00. The number of thiocarbonyl (C=S) groups is 1. The van der Waals surface area contributed by atoms with E-state index in [-0.39, 0.29) is 29.3 Å². The first-order valence-corrected chi connectivity index (χ1v) is 12.9. The first-order chi connectivity index (χ1) is 16.2. The van der Waals surface area contributed by atoms with Crippen molar-refractivity contribution in [1.82, 2.24) is 5.32 Å². The average Bonchev–Trinajstić information content (AvgIpc) is 3.05. The molecule has 1 saturated heterocycles. The molecule has 184 valence electrons. The molecule has 2 aromatic carbocycles. The van der Waals surface area contributed by atoms with Crippen molar-refractivity contribution >= 4 is 51.9 Å².